The topological polar surface area (TPSA) is 68.8 Å². The Labute approximate surface area is 214 Å². The number of hydroxylamine groups is 3. The van der Waals surface area contributed by atoms with Crippen molar-refractivity contribution in [2.75, 3.05) is 14.2 Å². The van der Waals surface area contributed by atoms with E-state index in [0.717, 1.165) is 37.7 Å². The van der Waals surface area contributed by atoms with E-state index in [4.69, 9.17) is 9.57 Å². The summed E-state index contributed by atoms with van der Waals surface area (Å²) in [7, 11) is 3.31. The van der Waals surface area contributed by atoms with Gasteiger partial charge in [-0.2, -0.15) is 4.84 Å². The van der Waals surface area contributed by atoms with Crippen molar-refractivity contribution in [3.05, 3.63) is 59.7 Å². The third kappa shape index (κ3) is 5.34. The molecule has 1 aliphatic carbocycles. The normalized spacial score (nSPS) is 28.9. The summed E-state index contributed by atoms with van der Waals surface area (Å²) in [6, 6.07) is 14.3. The van der Waals surface area contributed by atoms with Crippen LogP contribution in [-0.4, -0.2) is 55.8 Å². The lowest BCUT2D eigenvalue weighted by atomic mass is 9.78. The third-order valence-corrected chi connectivity index (χ3v) is 7.97. The highest BCUT2D eigenvalue weighted by molar-refractivity contribution is 5.41. The Morgan fingerprint density at radius 2 is 1.89 bits per heavy atom. The first-order valence-corrected chi connectivity index (χ1v) is 12.7. The maximum absolute atomic E-state index is 12.9. The number of hydrogen-bond acceptors (Lipinski definition) is 6. The van der Waals surface area contributed by atoms with Crippen LogP contribution in [0.1, 0.15) is 43.2 Å². The number of amides is 1. The van der Waals surface area contributed by atoms with Crippen molar-refractivity contribution in [1.82, 2.24) is 10.6 Å². The van der Waals surface area contributed by atoms with Gasteiger partial charge in [0.1, 0.15) is 24.6 Å². The summed E-state index contributed by atoms with van der Waals surface area (Å²) in [5.74, 6) is 0.293. The van der Waals surface area contributed by atoms with Gasteiger partial charge in [-0.25, -0.2) is 4.79 Å². The molecule has 2 aromatic rings. The van der Waals surface area contributed by atoms with Crippen LogP contribution in [0.2, 0.25) is 0 Å². The summed E-state index contributed by atoms with van der Waals surface area (Å²) < 4.78 is 48.7. The molecule has 5 atom stereocenters. The number of piperidine rings is 1. The lowest BCUT2D eigenvalue weighted by Crippen LogP contribution is -2.59. The molecule has 1 amide bonds. The molecule has 2 saturated heterocycles. The van der Waals surface area contributed by atoms with Gasteiger partial charge in [0.15, 0.2) is 0 Å². The number of halogens is 3. The minimum atomic E-state index is -4.77. The van der Waals surface area contributed by atoms with Crippen LogP contribution in [0.15, 0.2) is 48.5 Å². The Bertz CT molecular complexity index is 1110. The molecule has 200 valence electrons. The highest BCUT2D eigenvalue weighted by Gasteiger charge is 2.59. The van der Waals surface area contributed by atoms with Crippen LogP contribution in [-0.2, 0) is 21.7 Å². The Morgan fingerprint density at radius 1 is 1.14 bits per heavy atom. The largest absolute Gasteiger partial charge is 0.573 e. The SMILES string of the molecule is CO[N+](C)(C=O)[C@@H]1C[C@]2(c3ccccc3)N[C@H]1CC[C@H]2NCc1cc(OC(F)(F)F)ccc1OC1CC1. The highest BCUT2D eigenvalue weighted by atomic mass is 19.4. The molecule has 0 radical (unpaired) electrons. The second-order valence-electron chi connectivity index (χ2n) is 10.4. The number of carbonyl (C=O) groups is 1. The van der Waals surface area contributed by atoms with Crippen LogP contribution >= 0.6 is 0 Å². The van der Waals surface area contributed by atoms with Gasteiger partial charge in [-0.1, -0.05) is 30.3 Å². The number of rotatable bonds is 10. The standard InChI is InChI=1S/C27H33F3N3O4/c1-33(17-34,35-2)23-15-26(19-6-4-3-5-7-19)25(13-11-22(23)32-26)31-16-18-14-21(37-27(28,29)30)10-12-24(18)36-20-8-9-20/h3-7,10,12,14,17,20,22-23,25,31-32H,8-9,11,13,15-16H2,1-2H3/q+1/t22-,23+,25+,26+,33?/m0/s1. The molecule has 0 aromatic heterocycles. The fourth-order valence-corrected chi connectivity index (χ4v) is 5.87. The zero-order valence-corrected chi connectivity index (χ0v) is 21.0. The van der Waals surface area contributed by atoms with Crippen LogP contribution in [0.4, 0.5) is 13.2 Å². The van der Waals surface area contributed by atoms with Crippen LogP contribution in [0.5, 0.6) is 11.5 Å². The third-order valence-electron chi connectivity index (χ3n) is 7.97. The maximum Gasteiger partial charge on any atom is 0.573 e. The summed E-state index contributed by atoms with van der Waals surface area (Å²) in [6.45, 7) is 0.303. The Hall–Kier alpha value is -2.66. The van der Waals surface area contributed by atoms with Crippen molar-refractivity contribution >= 4 is 6.41 Å². The van der Waals surface area contributed by atoms with Crippen molar-refractivity contribution in [2.45, 2.75) is 74.8 Å². The molecule has 2 aromatic carbocycles. The number of benzene rings is 2. The Balaban J connectivity index is 1.43. The summed E-state index contributed by atoms with van der Waals surface area (Å²) in [5, 5.41) is 7.43. The van der Waals surface area contributed by atoms with Crippen molar-refractivity contribution < 1.29 is 36.9 Å². The van der Waals surface area contributed by atoms with Crippen molar-refractivity contribution in [3.63, 3.8) is 0 Å². The van der Waals surface area contributed by atoms with Gasteiger partial charge < -0.3 is 14.8 Å². The zero-order chi connectivity index (χ0) is 26.3. The molecule has 1 unspecified atom stereocenters. The van der Waals surface area contributed by atoms with E-state index in [1.54, 1.807) is 20.2 Å². The monoisotopic (exact) mass is 520 g/mol. The van der Waals surface area contributed by atoms with E-state index >= 15 is 0 Å². The first kappa shape index (κ1) is 26.0. The number of nitrogens with one attached hydrogen (secondary N) is 2. The highest BCUT2D eigenvalue weighted by Crippen LogP contribution is 2.46. The maximum atomic E-state index is 12.9. The summed E-state index contributed by atoms with van der Waals surface area (Å²) in [6.07, 6.45) is 0.346. The average molecular weight is 521 g/mol. The van der Waals surface area contributed by atoms with Crippen LogP contribution < -0.4 is 20.1 Å². The number of hydrogen-bond donors (Lipinski definition) is 2. The number of ether oxygens (including phenoxy) is 2. The molecule has 3 fully saturated rings. The predicted molar refractivity (Wildman–Crippen MR) is 129 cm³/mol. The number of fused-ring (bicyclic) bond motifs is 2. The first-order chi connectivity index (χ1) is 17.7. The summed E-state index contributed by atoms with van der Waals surface area (Å²) in [5.41, 5.74) is 1.23. The molecule has 2 aliphatic heterocycles. The molecule has 2 heterocycles. The predicted octanol–water partition coefficient (Wildman–Crippen LogP) is 4.17. The van der Waals surface area contributed by atoms with Gasteiger partial charge in [-0.3, -0.25) is 5.32 Å². The van der Waals surface area contributed by atoms with Gasteiger partial charge in [0, 0.05) is 24.6 Å². The number of nitrogens with zero attached hydrogens (tertiary/aromatic N) is 1. The smallest absolute Gasteiger partial charge is 0.490 e. The van der Waals surface area contributed by atoms with Crippen molar-refractivity contribution in [3.8, 4) is 11.5 Å². The Morgan fingerprint density at radius 3 is 2.54 bits per heavy atom. The lowest BCUT2D eigenvalue weighted by molar-refractivity contribution is -1.04. The van der Waals surface area contributed by atoms with E-state index in [-0.39, 0.29) is 34.6 Å². The second-order valence-corrected chi connectivity index (χ2v) is 10.4. The minimum absolute atomic E-state index is 0.0472. The van der Waals surface area contributed by atoms with E-state index in [2.05, 4.69) is 27.5 Å². The molecule has 3 aliphatic rings. The van der Waals surface area contributed by atoms with E-state index in [9.17, 15) is 18.0 Å². The quantitative estimate of drug-likeness (QED) is 0.279. The molecule has 2 N–H and O–H groups in total. The molecule has 0 spiro atoms. The summed E-state index contributed by atoms with van der Waals surface area (Å²) >= 11 is 0. The molecule has 10 heteroatoms. The molecular weight excluding hydrogens is 487 g/mol. The lowest BCUT2D eigenvalue weighted by Gasteiger charge is -2.42. The minimum Gasteiger partial charge on any atom is -0.490 e. The number of alkyl halides is 3. The molecule has 37 heavy (non-hydrogen) atoms. The van der Waals surface area contributed by atoms with Gasteiger partial charge in [-0.05, 0) is 49.4 Å². The summed E-state index contributed by atoms with van der Waals surface area (Å²) in [4.78, 5) is 17.6. The first-order valence-electron chi connectivity index (χ1n) is 12.7. The van der Waals surface area contributed by atoms with E-state index < -0.39 is 11.9 Å². The van der Waals surface area contributed by atoms with Crippen LogP contribution in [0.25, 0.3) is 0 Å². The molecule has 7 nitrogen and oxygen atoms in total. The van der Waals surface area contributed by atoms with Gasteiger partial charge in [0.2, 0.25) is 0 Å². The fourth-order valence-electron chi connectivity index (χ4n) is 5.87. The van der Waals surface area contributed by atoms with Crippen molar-refractivity contribution in [2.24, 2.45) is 0 Å². The fraction of sp³-hybridized carbons (Fsp3) is 0.519. The van der Waals surface area contributed by atoms with Gasteiger partial charge in [-0.15, -0.1) is 17.8 Å². The number of quaternary nitrogens is 1. The van der Waals surface area contributed by atoms with E-state index in [1.807, 2.05) is 18.2 Å². The Kier molecular flexibility index (Phi) is 6.95. The zero-order valence-electron chi connectivity index (χ0n) is 21.0. The molecule has 2 bridgehead atoms. The van der Waals surface area contributed by atoms with Gasteiger partial charge in [0.05, 0.1) is 24.8 Å². The van der Waals surface area contributed by atoms with Crippen LogP contribution in [0, 0.1) is 0 Å². The van der Waals surface area contributed by atoms with Gasteiger partial charge >= 0.3 is 12.8 Å². The molecule has 5 rings (SSSR count). The number of likely N-dealkylation sites (N-methyl/N-ethyl adjacent to an activating group) is 1. The van der Waals surface area contributed by atoms with E-state index in [0.29, 0.717) is 24.3 Å². The molecule has 1 saturated carbocycles. The van der Waals surface area contributed by atoms with Crippen molar-refractivity contribution in [1.29, 1.82) is 0 Å². The van der Waals surface area contributed by atoms with Gasteiger partial charge in [0.25, 0.3) is 0 Å². The molecular formula is C27H33F3N3O4+. The van der Waals surface area contributed by atoms with E-state index in [1.165, 1.54) is 12.1 Å². The average Bonchev–Trinajstić information content (AvgIpc) is 3.65. The van der Waals surface area contributed by atoms with Crippen LogP contribution in [0.3, 0.4) is 0 Å². The number of carbonyl (C=O) groups excluding carboxylic acids is 1. The second kappa shape index (κ2) is 9.90.